The van der Waals surface area contributed by atoms with Crippen LogP contribution >= 0.6 is 0 Å². The lowest BCUT2D eigenvalue weighted by Gasteiger charge is -2.32. The zero-order valence-electron chi connectivity index (χ0n) is 23.1. The molecule has 0 spiro atoms. The van der Waals surface area contributed by atoms with Crippen molar-refractivity contribution in [1.29, 1.82) is 0 Å². The van der Waals surface area contributed by atoms with Gasteiger partial charge in [-0.3, -0.25) is 9.59 Å². The number of sulfonamides is 1. The molecule has 0 atom stereocenters. The van der Waals surface area contributed by atoms with Gasteiger partial charge in [0.1, 0.15) is 0 Å². The van der Waals surface area contributed by atoms with Crippen LogP contribution in [0.2, 0.25) is 0 Å². The molecule has 1 amide bonds. The van der Waals surface area contributed by atoms with Crippen LogP contribution in [0.5, 0.6) is 0 Å². The van der Waals surface area contributed by atoms with Gasteiger partial charge in [0.05, 0.1) is 46.2 Å². The number of nitrogens with zero attached hydrogens (tertiary/aromatic N) is 5. The molecular formula is C26H27F3N6O7S. The molecule has 0 radical (unpaired) electrons. The van der Waals surface area contributed by atoms with Crippen LogP contribution < -0.4 is 4.72 Å². The highest BCUT2D eigenvalue weighted by Gasteiger charge is 2.40. The summed E-state index contributed by atoms with van der Waals surface area (Å²) in [7, 11) is -4.35. The monoisotopic (exact) mass is 624 g/mol. The molecule has 1 N–H and O–H groups in total. The van der Waals surface area contributed by atoms with Crippen LogP contribution in [0.1, 0.15) is 25.1 Å². The smallest absolute Gasteiger partial charge is 0.435 e. The van der Waals surface area contributed by atoms with Gasteiger partial charge in [0.25, 0.3) is 16.8 Å². The summed E-state index contributed by atoms with van der Waals surface area (Å²) < 4.78 is 73.7. The van der Waals surface area contributed by atoms with Gasteiger partial charge in [-0.05, 0) is 37.3 Å². The number of alkyl halides is 3. The molecule has 230 valence electrons. The lowest BCUT2D eigenvalue weighted by molar-refractivity contribution is -0.726. The van der Waals surface area contributed by atoms with Crippen molar-refractivity contribution < 1.29 is 45.7 Å². The summed E-state index contributed by atoms with van der Waals surface area (Å²) in [5.41, 5.74) is 0.566. The lowest BCUT2D eigenvalue weighted by Crippen LogP contribution is -2.56. The minimum absolute atomic E-state index is 0.0462. The molecule has 13 nitrogen and oxygen atoms in total. The van der Waals surface area contributed by atoms with Crippen molar-refractivity contribution in [3.63, 3.8) is 0 Å². The van der Waals surface area contributed by atoms with E-state index >= 15 is 0 Å². The fraction of sp³-hybridized carbons (Fsp3) is 0.346. The minimum atomic E-state index is -4.71. The number of hydrazine groups is 1. The maximum absolute atomic E-state index is 13.5. The van der Waals surface area contributed by atoms with E-state index in [1.54, 1.807) is 38.1 Å². The normalized spacial score (nSPS) is 14.4. The van der Waals surface area contributed by atoms with E-state index in [-0.39, 0.29) is 34.3 Å². The van der Waals surface area contributed by atoms with Gasteiger partial charge in [-0.2, -0.15) is 18.3 Å². The highest BCUT2D eigenvalue weighted by molar-refractivity contribution is 7.90. The van der Waals surface area contributed by atoms with E-state index in [4.69, 9.17) is 4.74 Å². The number of carbonyl (C=O) groups is 2. The molecule has 1 aliphatic heterocycles. The maximum Gasteiger partial charge on any atom is 0.435 e. The molecule has 1 saturated heterocycles. The molecule has 1 fully saturated rings. The zero-order valence-corrected chi connectivity index (χ0v) is 23.9. The first kappa shape index (κ1) is 31.3. The molecule has 2 heterocycles. The largest absolute Gasteiger partial charge is 0.569 e. The molecule has 0 bridgehead atoms. The number of benzene rings is 2. The maximum atomic E-state index is 13.5. The fourth-order valence-electron chi connectivity index (χ4n) is 3.82. The molecule has 4 rings (SSSR count). The number of aromatic nitrogens is 2. The average molecular weight is 625 g/mol. The summed E-state index contributed by atoms with van der Waals surface area (Å²) in [6, 6.07) is 12.5. The summed E-state index contributed by atoms with van der Waals surface area (Å²) in [5.74, 6) is -2.67. The molecule has 0 saturated carbocycles. The SMILES string of the molecule is Cc1ccc(-c2cc(C(F)(F)F)nn2-c2ccc(S(=O)(=O)NC(=O)C3CN(/[N+]([O-])=N\OCOC(=O)C(C)C)C3)cc2)cc1. The molecule has 3 aromatic rings. The molecule has 17 heteroatoms. The predicted molar refractivity (Wildman–Crippen MR) is 142 cm³/mol. The molecule has 1 aliphatic rings. The Morgan fingerprint density at radius 3 is 2.35 bits per heavy atom. The van der Waals surface area contributed by atoms with Gasteiger partial charge < -0.3 is 14.8 Å². The number of carbonyl (C=O) groups excluding carboxylic acids is 2. The van der Waals surface area contributed by atoms with Gasteiger partial charge in [0.15, 0.2) is 5.69 Å². The fourth-order valence-corrected chi connectivity index (χ4v) is 4.87. The van der Waals surface area contributed by atoms with Gasteiger partial charge in [-0.25, -0.2) is 17.8 Å². The Balaban J connectivity index is 1.40. The van der Waals surface area contributed by atoms with Crippen LogP contribution in [0, 0.1) is 24.0 Å². The second kappa shape index (κ2) is 12.3. The van der Waals surface area contributed by atoms with Crippen LogP contribution in [0.15, 0.2) is 64.8 Å². The van der Waals surface area contributed by atoms with Crippen LogP contribution in [0.25, 0.3) is 16.9 Å². The van der Waals surface area contributed by atoms with Crippen LogP contribution in [-0.4, -0.2) is 59.9 Å². The van der Waals surface area contributed by atoms with E-state index in [0.717, 1.165) is 33.5 Å². The second-order valence-corrected chi connectivity index (χ2v) is 11.6. The number of halogens is 3. The first-order chi connectivity index (χ1) is 20.2. The van der Waals surface area contributed by atoms with Gasteiger partial charge in [0, 0.05) is 5.56 Å². The number of aryl methyl sites for hydroxylation is 1. The quantitative estimate of drug-likeness (QED) is 0.0889. The molecule has 0 aliphatic carbocycles. The molecular weight excluding hydrogens is 597 g/mol. The van der Waals surface area contributed by atoms with Crippen LogP contribution in [0.4, 0.5) is 13.2 Å². The summed E-state index contributed by atoms with van der Waals surface area (Å²) in [6.07, 6.45) is -4.71. The van der Waals surface area contributed by atoms with Crippen molar-refractivity contribution in [3.05, 3.63) is 71.1 Å². The predicted octanol–water partition coefficient (Wildman–Crippen LogP) is 3.57. The number of nitrogens with one attached hydrogen (secondary N) is 1. The third-order valence-corrected chi connectivity index (χ3v) is 7.66. The van der Waals surface area contributed by atoms with E-state index in [0.29, 0.717) is 5.56 Å². The van der Waals surface area contributed by atoms with E-state index in [1.165, 1.54) is 12.1 Å². The van der Waals surface area contributed by atoms with Crippen molar-refractivity contribution in [1.82, 2.24) is 19.5 Å². The van der Waals surface area contributed by atoms with E-state index in [2.05, 4.69) is 15.2 Å². The van der Waals surface area contributed by atoms with Gasteiger partial charge >= 0.3 is 12.1 Å². The third-order valence-electron chi connectivity index (χ3n) is 6.30. The Bertz CT molecular complexity index is 1620. The summed E-state index contributed by atoms with van der Waals surface area (Å²) in [4.78, 5) is 28.2. The van der Waals surface area contributed by atoms with Gasteiger partial charge in [0.2, 0.25) is 11.2 Å². The average Bonchev–Trinajstić information content (AvgIpc) is 3.36. The Kier molecular flexibility index (Phi) is 8.93. The standard InChI is InChI=1S/C26H27F3N6O7S/c1-16(2)25(37)41-15-42-32-35(38)33-13-19(14-33)24(36)31-43(39,40)21-10-8-20(9-11-21)34-22(12-23(30-34)26(27,28)29)18-6-4-17(3)5-7-18/h4-12,16,19H,13-15H2,1-3H3,(H,31,36)/b35-32+. The van der Waals surface area contributed by atoms with Crippen LogP contribution in [0.3, 0.4) is 0 Å². The molecule has 2 aromatic carbocycles. The van der Waals surface area contributed by atoms with E-state index in [9.17, 15) is 36.4 Å². The summed E-state index contributed by atoms with van der Waals surface area (Å²) >= 11 is 0. The highest BCUT2D eigenvalue weighted by atomic mass is 32.2. The lowest BCUT2D eigenvalue weighted by atomic mass is 10.0. The van der Waals surface area contributed by atoms with Crippen molar-refractivity contribution in [2.24, 2.45) is 17.1 Å². The molecule has 43 heavy (non-hydrogen) atoms. The van der Waals surface area contributed by atoms with Crippen molar-refractivity contribution in [2.75, 3.05) is 19.9 Å². The van der Waals surface area contributed by atoms with Crippen molar-refractivity contribution in [2.45, 2.75) is 31.8 Å². The van der Waals surface area contributed by atoms with E-state index < -0.39 is 52.4 Å². The number of amides is 1. The molecule has 0 unspecified atom stereocenters. The van der Waals surface area contributed by atoms with Crippen LogP contribution in [-0.2, 0) is 35.4 Å². The highest BCUT2D eigenvalue weighted by Crippen LogP contribution is 2.33. The Morgan fingerprint density at radius 1 is 1.14 bits per heavy atom. The summed E-state index contributed by atoms with van der Waals surface area (Å²) in [6.45, 7) is 4.15. The van der Waals surface area contributed by atoms with Gasteiger partial charge in [-0.1, -0.05) is 43.7 Å². The number of hydrogen-bond acceptors (Lipinski definition) is 9. The number of esters is 1. The third kappa shape index (κ3) is 7.40. The minimum Gasteiger partial charge on any atom is -0.569 e. The second-order valence-electron chi connectivity index (χ2n) is 9.92. The Labute approximate surface area is 244 Å². The Morgan fingerprint density at radius 2 is 1.77 bits per heavy atom. The first-order valence-electron chi connectivity index (χ1n) is 12.8. The van der Waals surface area contributed by atoms with Crippen molar-refractivity contribution in [3.8, 4) is 16.9 Å². The number of ether oxygens (including phenoxy) is 1. The number of hydrogen-bond donors (Lipinski definition) is 1. The van der Waals surface area contributed by atoms with E-state index in [1.807, 2.05) is 11.6 Å². The Hall–Kier alpha value is -4.67. The summed E-state index contributed by atoms with van der Waals surface area (Å²) in [5, 5.41) is 19.8. The zero-order chi connectivity index (χ0) is 31.5. The van der Waals surface area contributed by atoms with Gasteiger partial charge in [-0.15, -0.1) is 5.01 Å². The van der Waals surface area contributed by atoms with Crippen molar-refractivity contribution >= 4 is 21.9 Å². The topological polar surface area (TPSA) is 158 Å². The molecule has 1 aromatic heterocycles. The number of rotatable bonds is 10. The first-order valence-corrected chi connectivity index (χ1v) is 14.3.